The van der Waals surface area contributed by atoms with Crippen molar-refractivity contribution in [3.8, 4) is 0 Å². The quantitative estimate of drug-likeness (QED) is 0.140. The van der Waals surface area contributed by atoms with Gasteiger partial charge in [0.05, 0.1) is 18.8 Å². The van der Waals surface area contributed by atoms with E-state index in [0.717, 1.165) is 19.4 Å². The molecule has 1 rings (SSSR count). The fourth-order valence-electron chi connectivity index (χ4n) is 2.58. The average molecular weight is 588 g/mol. The molecule has 5 N–H and O–H groups in total. The minimum absolute atomic E-state index is 0.188. The molecule has 0 aromatic carbocycles. The summed E-state index contributed by atoms with van der Waals surface area (Å²) in [5.41, 5.74) is 7.81. The Morgan fingerprint density at radius 2 is 1.62 bits per heavy atom. The number of phosphoric ester groups is 1. The SMILES string of the molecule is CO[C@](CN)(COP(=O)(OCOC(=O)OC(C)C)OCOC(=O)OC(C)C)[C@@H](O)[C@@H](F)n1ccc(N)nc1=O. The van der Waals surface area contributed by atoms with Crippen LogP contribution in [0.15, 0.2) is 17.1 Å². The van der Waals surface area contributed by atoms with E-state index in [4.69, 9.17) is 39.2 Å². The van der Waals surface area contributed by atoms with E-state index in [0.29, 0.717) is 4.57 Å². The van der Waals surface area contributed by atoms with E-state index in [2.05, 4.69) is 14.5 Å². The number of carbonyl (C=O) groups is 2. The monoisotopic (exact) mass is 588 g/mol. The lowest BCUT2D eigenvalue weighted by Gasteiger charge is -2.37. The zero-order valence-electron chi connectivity index (χ0n) is 22.0. The Morgan fingerprint density at radius 1 is 1.10 bits per heavy atom. The number of nitrogen functional groups attached to an aromatic ring is 1. The van der Waals surface area contributed by atoms with E-state index in [9.17, 15) is 24.1 Å². The molecule has 0 aliphatic carbocycles. The highest BCUT2D eigenvalue weighted by atomic mass is 31.2. The third kappa shape index (κ3) is 11.0. The fourth-order valence-corrected chi connectivity index (χ4v) is 3.54. The Bertz CT molecular complexity index is 1010. The average Bonchev–Trinajstić information content (AvgIpc) is 2.83. The van der Waals surface area contributed by atoms with Crippen molar-refractivity contribution < 1.29 is 60.9 Å². The van der Waals surface area contributed by atoms with E-state index in [1.54, 1.807) is 27.7 Å². The van der Waals surface area contributed by atoms with Crippen LogP contribution in [0.2, 0.25) is 0 Å². The van der Waals surface area contributed by atoms with Crippen LogP contribution in [0.25, 0.3) is 0 Å². The van der Waals surface area contributed by atoms with Crippen LogP contribution in [0, 0.1) is 0 Å². The Morgan fingerprint density at radius 3 is 2.03 bits per heavy atom. The van der Waals surface area contributed by atoms with Crippen LogP contribution < -0.4 is 17.2 Å². The molecule has 0 aliphatic heterocycles. The van der Waals surface area contributed by atoms with Crippen LogP contribution >= 0.6 is 7.82 Å². The van der Waals surface area contributed by atoms with Crippen molar-refractivity contribution in [3.63, 3.8) is 0 Å². The second-order valence-electron chi connectivity index (χ2n) is 8.17. The minimum atomic E-state index is -4.81. The molecule has 224 valence electrons. The summed E-state index contributed by atoms with van der Waals surface area (Å²) in [6, 6.07) is 1.11. The molecule has 1 heterocycles. The standard InChI is InChI=1S/C20H34FN4O13P/c1-12(2)37-18(28)32-10-35-39(30,36-11-33-19(29)38-13(3)4)34-9-20(8-22,31-5)15(26)16(21)25-7-6-14(23)24-17(25)27/h6-7,12-13,15-16,26H,8-11,22H2,1-5H3,(H2,23,24,27)/t15-,16-,20+/m0/s1. The largest absolute Gasteiger partial charge is 0.510 e. The summed E-state index contributed by atoms with van der Waals surface area (Å²) >= 11 is 0. The molecule has 39 heavy (non-hydrogen) atoms. The number of phosphoric acid groups is 1. The summed E-state index contributed by atoms with van der Waals surface area (Å²) in [5, 5.41) is 10.7. The first-order valence-electron chi connectivity index (χ1n) is 11.3. The van der Waals surface area contributed by atoms with Gasteiger partial charge in [-0.2, -0.15) is 4.98 Å². The van der Waals surface area contributed by atoms with Crippen molar-refractivity contribution in [2.24, 2.45) is 5.73 Å². The predicted octanol–water partition coefficient (Wildman–Crippen LogP) is 1.19. The lowest BCUT2D eigenvalue weighted by Crippen LogP contribution is -2.56. The number of hydrogen-bond acceptors (Lipinski definition) is 16. The number of aromatic nitrogens is 2. The second-order valence-corrected chi connectivity index (χ2v) is 9.84. The zero-order chi connectivity index (χ0) is 29.8. The van der Waals surface area contributed by atoms with E-state index in [1.807, 2.05) is 0 Å². The van der Waals surface area contributed by atoms with E-state index < -0.39 is 82.8 Å². The molecule has 1 aromatic rings. The number of nitrogens with zero attached hydrogens (tertiary/aromatic N) is 2. The summed E-state index contributed by atoms with van der Waals surface area (Å²) in [5.74, 6) is -0.188. The summed E-state index contributed by atoms with van der Waals surface area (Å²) in [4.78, 5) is 38.5. The van der Waals surface area contributed by atoms with E-state index in [-0.39, 0.29) is 5.82 Å². The zero-order valence-corrected chi connectivity index (χ0v) is 22.9. The molecule has 0 spiro atoms. The first-order valence-corrected chi connectivity index (χ1v) is 12.8. The molecule has 0 saturated heterocycles. The molecule has 0 radical (unpaired) electrons. The Labute approximate surface area is 223 Å². The molecule has 1 aromatic heterocycles. The number of rotatable bonds is 16. The molecule has 19 heteroatoms. The molecular weight excluding hydrogens is 554 g/mol. The van der Waals surface area contributed by atoms with Crippen molar-refractivity contribution >= 4 is 26.0 Å². The van der Waals surface area contributed by atoms with Gasteiger partial charge in [0.25, 0.3) is 0 Å². The summed E-state index contributed by atoms with van der Waals surface area (Å²) in [7, 11) is -3.79. The number of methoxy groups -OCH3 is 1. The molecule has 0 bridgehead atoms. The van der Waals surface area contributed by atoms with Crippen molar-refractivity contribution in [2.75, 3.05) is 39.6 Å². The maximum atomic E-state index is 15.2. The highest BCUT2D eigenvalue weighted by Gasteiger charge is 2.46. The minimum Gasteiger partial charge on any atom is -0.432 e. The number of hydrogen-bond donors (Lipinski definition) is 3. The van der Waals surface area contributed by atoms with Gasteiger partial charge in [-0.05, 0) is 33.8 Å². The number of ether oxygens (including phenoxy) is 5. The van der Waals surface area contributed by atoms with Crippen LogP contribution in [-0.4, -0.2) is 84.7 Å². The number of carbonyl (C=O) groups excluding carboxylic acids is 2. The number of nitrogens with two attached hydrogens (primary N) is 2. The molecular formula is C20H34FN4O13P. The number of halogens is 1. The van der Waals surface area contributed by atoms with E-state index >= 15 is 4.39 Å². The predicted molar refractivity (Wildman–Crippen MR) is 129 cm³/mol. The van der Waals surface area contributed by atoms with Gasteiger partial charge in [0.15, 0.2) is 0 Å². The van der Waals surface area contributed by atoms with Gasteiger partial charge in [-0.3, -0.25) is 9.09 Å². The van der Waals surface area contributed by atoms with Crippen LogP contribution in [-0.2, 0) is 41.8 Å². The van der Waals surface area contributed by atoms with Crippen LogP contribution in [0.3, 0.4) is 0 Å². The normalized spacial score (nSPS) is 14.9. The van der Waals surface area contributed by atoms with Crippen molar-refractivity contribution in [2.45, 2.75) is 57.9 Å². The maximum absolute atomic E-state index is 15.2. The van der Waals surface area contributed by atoms with Gasteiger partial charge < -0.3 is 40.3 Å². The highest BCUT2D eigenvalue weighted by molar-refractivity contribution is 7.48. The van der Waals surface area contributed by atoms with Gasteiger partial charge in [0.1, 0.15) is 17.5 Å². The number of anilines is 1. The van der Waals surface area contributed by atoms with Crippen LogP contribution in [0.1, 0.15) is 34.0 Å². The van der Waals surface area contributed by atoms with Gasteiger partial charge in [-0.25, -0.2) is 32.4 Å². The summed E-state index contributed by atoms with van der Waals surface area (Å²) < 4.78 is 67.6. The third-order valence-electron chi connectivity index (χ3n) is 4.57. The van der Waals surface area contributed by atoms with Gasteiger partial charge in [-0.1, -0.05) is 0 Å². The molecule has 0 unspecified atom stereocenters. The first-order chi connectivity index (χ1) is 18.2. The number of aliphatic hydroxyl groups excluding tert-OH is 1. The molecule has 0 amide bonds. The van der Waals surface area contributed by atoms with Crippen molar-refractivity contribution in [1.82, 2.24) is 9.55 Å². The van der Waals surface area contributed by atoms with E-state index in [1.165, 1.54) is 0 Å². The molecule has 0 saturated carbocycles. The smallest absolute Gasteiger partial charge is 0.432 e. The molecule has 17 nitrogen and oxygen atoms in total. The van der Waals surface area contributed by atoms with Crippen molar-refractivity contribution in [1.29, 1.82) is 0 Å². The highest BCUT2D eigenvalue weighted by Crippen LogP contribution is 2.50. The third-order valence-corrected chi connectivity index (χ3v) is 5.86. The Balaban J connectivity index is 3.06. The maximum Gasteiger partial charge on any atom is 0.510 e. The molecule has 0 fully saturated rings. The topological polar surface area (TPSA) is 232 Å². The first kappa shape index (κ1) is 34.2. The molecule has 0 aliphatic rings. The van der Waals surface area contributed by atoms with Gasteiger partial charge >= 0.3 is 25.8 Å². The number of aliphatic hydroxyl groups is 1. The Kier molecular flexibility index (Phi) is 13.7. The number of alkyl halides is 1. The van der Waals surface area contributed by atoms with Gasteiger partial charge in [0, 0.05) is 19.9 Å². The second kappa shape index (κ2) is 15.7. The van der Waals surface area contributed by atoms with Crippen molar-refractivity contribution in [3.05, 3.63) is 22.7 Å². The van der Waals surface area contributed by atoms with Crippen LogP contribution in [0.4, 0.5) is 19.8 Å². The van der Waals surface area contributed by atoms with Gasteiger partial charge in [-0.15, -0.1) is 0 Å². The van der Waals surface area contributed by atoms with Crippen LogP contribution in [0.5, 0.6) is 0 Å². The Hall–Kier alpha value is -2.86. The molecule has 3 atom stereocenters. The van der Waals surface area contributed by atoms with Gasteiger partial charge in [0.2, 0.25) is 19.9 Å². The lowest BCUT2D eigenvalue weighted by atomic mass is 9.96. The summed E-state index contributed by atoms with van der Waals surface area (Å²) in [6.07, 6.45) is -7.19. The lowest BCUT2D eigenvalue weighted by molar-refractivity contribution is -0.159. The fraction of sp³-hybridized carbons (Fsp3) is 0.700. The summed E-state index contributed by atoms with van der Waals surface area (Å²) in [6.45, 7) is 2.51.